The summed E-state index contributed by atoms with van der Waals surface area (Å²) in [6.45, 7) is 7.21. The topological polar surface area (TPSA) is 9.23 Å². The lowest BCUT2D eigenvalue weighted by Gasteiger charge is -2.39. The molecule has 0 N–H and O–H groups in total. The molecular weight excluding hydrogens is 758 g/mol. The maximum atomic E-state index is 7.65. The molecule has 0 spiro atoms. The number of alkyl halides is 1. The molecule has 0 saturated heterocycles. The maximum absolute atomic E-state index is 7.65. The lowest BCUT2D eigenvalue weighted by molar-refractivity contribution is 0.424. The fourth-order valence-corrected chi connectivity index (χ4v) is 13.2. The summed E-state index contributed by atoms with van der Waals surface area (Å²) in [6, 6.07) is 54.7. The summed E-state index contributed by atoms with van der Waals surface area (Å²) in [6.07, 6.45) is 10.8. The van der Waals surface area contributed by atoms with Gasteiger partial charge in [0.2, 0.25) is 0 Å². The first-order chi connectivity index (χ1) is 26.5. The molecule has 6 aromatic carbocycles. The first-order valence-corrected chi connectivity index (χ1v) is 23.7. The van der Waals surface area contributed by atoms with Gasteiger partial charge in [0, 0.05) is 32.5 Å². The van der Waals surface area contributed by atoms with Crippen molar-refractivity contribution >= 4 is 63.6 Å². The van der Waals surface area contributed by atoms with Crippen molar-refractivity contribution in [2.45, 2.75) is 84.0 Å². The quantitative estimate of drug-likeness (QED) is 0.0537. The van der Waals surface area contributed by atoms with Crippen molar-refractivity contribution in [1.82, 2.24) is 0 Å². The highest BCUT2D eigenvalue weighted by atomic mass is 79.9. The van der Waals surface area contributed by atoms with E-state index in [0.717, 1.165) is 29.7 Å². The van der Waals surface area contributed by atoms with Crippen LogP contribution in [0.15, 0.2) is 146 Å². The van der Waals surface area contributed by atoms with Gasteiger partial charge in [0.05, 0.1) is 0 Å². The number of fused-ring (bicyclic) bond motifs is 2. The van der Waals surface area contributed by atoms with Gasteiger partial charge in [-0.15, -0.1) is 0 Å². The van der Waals surface area contributed by atoms with E-state index in [0.29, 0.717) is 0 Å². The van der Waals surface area contributed by atoms with E-state index in [1.165, 1.54) is 99.0 Å². The molecule has 0 fully saturated rings. The lowest BCUT2D eigenvalue weighted by atomic mass is 9.74. The van der Waals surface area contributed by atoms with Crippen LogP contribution in [0.2, 0.25) is 0 Å². The third kappa shape index (κ3) is 8.63. The van der Waals surface area contributed by atoms with E-state index in [9.17, 15) is 0 Å². The van der Waals surface area contributed by atoms with Crippen molar-refractivity contribution < 1.29 is 4.74 Å². The van der Waals surface area contributed by atoms with E-state index in [-0.39, 0.29) is 5.41 Å². The minimum atomic E-state index is -0.887. The number of halogens is 1. The fraction of sp³-hybridized carbons (Fsp3) is 0.280. The molecule has 0 unspecified atom stereocenters. The molecule has 0 atom stereocenters. The van der Waals surface area contributed by atoms with E-state index < -0.39 is 15.8 Å². The van der Waals surface area contributed by atoms with Crippen LogP contribution in [-0.2, 0) is 18.3 Å². The van der Waals surface area contributed by atoms with Gasteiger partial charge in [-0.3, -0.25) is 0 Å². The number of hydrogen-bond acceptors (Lipinski definition) is 1. The Morgan fingerprint density at radius 3 is 1.20 bits per heavy atom. The van der Waals surface area contributed by atoms with E-state index in [1.54, 1.807) is 0 Å². The summed E-state index contributed by atoms with van der Waals surface area (Å²) >= 11 is 3.66. The van der Waals surface area contributed by atoms with Gasteiger partial charge in [0.25, 0.3) is 0 Å². The minimum Gasteiger partial charge on any atom is -0.455 e. The summed E-state index contributed by atoms with van der Waals surface area (Å²) in [5.41, 5.74) is 5.23. The number of ether oxygens (including phenoxy) is 1. The van der Waals surface area contributed by atoms with Crippen LogP contribution in [0, 0.1) is 0 Å². The fourth-order valence-electron chi connectivity index (χ4n) is 7.87. The number of rotatable bonds is 16. The Hall–Kier alpha value is -3.54. The number of unbranched alkanes of at least 4 members (excludes halogenated alkanes) is 5. The van der Waals surface area contributed by atoms with E-state index in [2.05, 4.69) is 182 Å². The van der Waals surface area contributed by atoms with Crippen molar-refractivity contribution in [2.75, 3.05) is 5.33 Å². The number of benzene rings is 6. The van der Waals surface area contributed by atoms with Crippen LogP contribution in [0.4, 0.5) is 0 Å². The molecule has 1 heterocycles. The predicted molar refractivity (Wildman–Crippen MR) is 242 cm³/mol. The zero-order chi connectivity index (χ0) is 37.3. The Kier molecular flexibility index (Phi) is 13.2. The molecule has 1 aliphatic heterocycles. The molecule has 6 aromatic rings. The predicted octanol–water partition coefficient (Wildman–Crippen LogP) is 11.9. The summed E-state index contributed by atoms with van der Waals surface area (Å²) in [4.78, 5) is 0. The molecule has 7 rings (SSSR count). The molecule has 54 heavy (non-hydrogen) atoms. The highest BCUT2D eigenvalue weighted by Crippen LogP contribution is 2.53. The zero-order valence-electron chi connectivity index (χ0n) is 32.1. The Labute approximate surface area is 335 Å². The van der Waals surface area contributed by atoms with Crippen LogP contribution in [-0.4, -0.2) is 5.33 Å². The molecule has 0 aromatic heterocycles. The molecule has 0 radical (unpaired) electrons. The Balaban J connectivity index is 1.47. The second kappa shape index (κ2) is 18.4. The van der Waals surface area contributed by atoms with Gasteiger partial charge in [0.15, 0.2) is 0 Å². The average molecular weight is 812 g/mol. The largest absolute Gasteiger partial charge is 0.455 e. The molecule has 0 amide bonds. The van der Waals surface area contributed by atoms with Gasteiger partial charge in [-0.25, -0.2) is 0 Å². The summed E-state index contributed by atoms with van der Waals surface area (Å²) in [5.74, 6) is 2.12. The van der Waals surface area contributed by atoms with Crippen molar-refractivity contribution in [3.63, 3.8) is 0 Å². The Morgan fingerprint density at radius 1 is 0.481 bits per heavy atom. The van der Waals surface area contributed by atoms with Crippen LogP contribution in [0.5, 0.6) is 11.5 Å². The van der Waals surface area contributed by atoms with E-state index in [1.807, 2.05) is 0 Å². The zero-order valence-corrected chi connectivity index (χ0v) is 35.5. The first kappa shape index (κ1) is 38.7. The molecule has 0 aliphatic carbocycles. The Bertz CT molecular complexity index is 1870. The van der Waals surface area contributed by atoms with Crippen molar-refractivity contribution in [1.29, 1.82) is 0 Å². The van der Waals surface area contributed by atoms with Gasteiger partial charge in [0.1, 0.15) is 11.5 Å². The number of hydrogen-bond donors (Lipinski definition) is 0. The van der Waals surface area contributed by atoms with Crippen molar-refractivity contribution in [3.8, 4) is 11.5 Å². The molecule has 276 valence electrons. The molecule has 0 saturated carbocycles. The smallest absolute Gasteiger partial charge is 0.139 e. The van der Waals surface area contributed by atoms with E-state index >= 15 is 0 Å². The molecule has 1 nitrogen and oxygen atoms in total. The van der Waals surface area contributed by atoms with Crippen molar-refractivity contribution in [2.24, 2.45) is 0 Å². The van der Waals surface area contributed by atoms with Crippen LogP contribution in [0.1, 0.15) is 88.0 Å². The van der Waals surface area contributed by atoms with Crippen LogP contribution >= 0.6 is 31.8 Å². The number of aryl methyl sites for hydroxylation is 2. The van der Waals surface area contributed by atoms with Gasteiger partial charge in [-0.1, -0.05) is 196 Å². The lowest BCUT2D eigenvalue weighted by Crippen LogP contribution is -2.33. The normalized spacial score (nSPS) is 13.1. The highest BCUT2D eigenvalue weighted by Gasteiger charge is 2.40. The maximum Gasteiger partial charge on any atom is 0.139 e. The standard InChI is InChI=1S/C50H53BrOP2/c1-4-5-6-12-23-38-34-44-48(46(36-38)53(40-25-14-7-15-26-40)41-27-16-8-17-28-41)52-49-45(50(44,2)3)35-39(24-13-11-22-33-51)37-47(49)54(42-29-18-9-19-30-42)43-31-20-10-21-32-43/h7-10,14-21,25-32,34-37H,4-6,11-13,22-24,33H2,1-3H3. The third-order valence-corrected chi connectivity index (χ3v) is 16.2. The third-order valence-electron chi connectivity index (χ3n) is 10.8. The summed E-state index contributed by atoms with van der Waals surface area (Å²) in [7, 11) is -1.77. The van der Waals surface area contributed by atoms with Gasteiger partial charge >= 0.3 is 0 Å². The van der Waals surface area contributed by atoms with Crippen LogP contribution in [0.25, 0.3) is 0 Å². The molecule has 1 aliphatic rings. The highest BCUT2D eigenvalue weighted by molar-refractivity contribution is 9.09. The monoisotopic (exact) mass is 810 g/mol. The minimum absolute atomic E-state index is 0.263. The van der Waals surface area contributed by atoms with Crippen LogP contribution < -0.4 is 36.6 Å². The average Bonchev–Trinajstić information content (AvgIpc) is 3.21. The summed E-state index contributed by atoms with van der Waals surface area (Å²) < 4.78 is 7.65. The Morgan fingerprint density at radius 2 is 0.852 bits per heavy atom. The molecule has 4 heteroatoms. The van der Waals surface area contributed by atoms with Gasteiger partial charge < -0.3 is 4.74 Å². The van der Waals surface area contributed by atoms with Crippen LogP contribution in [0.3, 0.4) is 0 Å². The second-order valence-electron chi connectivity index (χ2n) is 15.0. The molecular formula is C50H53BrOP2. The second-order valence-corrected chi connectivity index (χ2v) is 20.2. The SMILES string of the molecule is CCCCCCc1cc(P(c2ccccc2)c2ccccc2)c2c(c1)C(C)(C)c1cc(CCCCCBr)cc(P(c3ccccc3)c3ccccc3)c1O2. The van der Waals surface area contributed by atoms with Crippen molar-refractivity contribution in [3.05, 3.63) is 168 Å². The van der Waals surface area contributed by atoms with E-state index in [4.69, 9.17) is 4.74 Å². The van der Waals surface area contributed by atoms with Gasteiger partial charge in [-0.2, -0.15) is 0 Å². The summed E-state index contributed by atoms with van der Waals surface area (Å²) in [5, 5.41) is 9.12. The first-order valence-electron chi connectivity index (χ1n) is 19.9. The van der Waals surface area contributed by atoms with Gasteiger partial charge in [-0.05, 0) is 92.4 Å². The molecule has 0 bridgehead atoms.